The van der Waals surface area contributed by atoms with Crippen LogP contribution in [0, 0.1) is 25.2 Å². The number of esters is 2. The second-order valence-corrected chi connectivity index (χ2v) is 17.2. The van der Waals surface area contributed by atoms with Crippen LogP contribution in [-0.2, 0) is 35.0 Å². The number of rotatable bonds is 11. The van der Waals surface area contributed by atoms with Gasteiger partial charge in [-0.2, -0.15) is 5.26 Å². The molecule has 318 valence electrons. The van der Waals surface area contributed by atoms with E-state index in [1.165, 1.54) is 18.7 Å². The molecule has 2 aromatic rings. The Morgan fingerprint density at radius 2 is 1.85 bits per heavy atom. The van der Waals surface area contributed by atoms with Gasteiger partial charge in [-0.1, -0.05) is 12.1 Å². The van der Waals surface area contributed by atoms with E-state index in [2.05, 4.69) is 33.8 Å². The molecule has 59 heavy (non-hydrogen) atoms. The van der Waals surface area contributed by atoms with Crippen molar-refractivity contribution >= 4 is 29.8 Å². The standard InChI is InChI=1S/C42H52N4O12S/c1-10-11-45-26-15-24-14-21(2)34(51-9)37(54-19-52-13-12-50-8)29(24)32(45)33-39-31-30(38-36(55-20-56-38)22(3)35(31)57-23(4)47)28(46(33)27(26)16-43)17-53-40(48)25(18-59-39)44-41(49)58-42(5,6)7/h10,14,25-28,32-33,39H,1,11-13,15,17-20H2,2-9H3,(H,44,49)/t25-,26+,27+,28+,32-,33?,39-/m1/s1. The number of nitrogens with one attached hydrogen (secondary N) is 1. The second-order valence-electron chi connectivity index (χ2n) is 16.0. The van der Waals surface area contributed by atoms with Gasteiger partial charge in [0.1, 0.15) is 30.0 Å². The fraction of sp³-hybridized carbons (Fsp3) is 0.571. The summed E-state index contributed by atoms with van der Waals surface area (Å²) in [5.41, 5.74) is 3.70. The maximum absolute atomic E-state index is 14.0. The summed E-state index contributed by atoms with van der Waals surface area (Å²) in [4.78, 5) is 44.5. The molecule has 2 fully saturated rings. The number of thioether (sulfide) groups is 1. The van der Waals surface area contributed by atoms with E-state index in [-0.39, 0.29) is 32.0 Å². The van der Waals surface area contributed by atoms with Crippen LogP contribution in [0.3, 0.4) is 0 Å². The van der Waals surface area contributed by atoms with E-state index < -0.39 is 59.1 Å². The van der Waals surface area contributed by atoms with Gasteiger partial charge in [0.2, 0.25) is 6.79 Å². The first-order valence-corrected chi connectivity index (χ1v) is 20.6. The van der Waals surface area contributed by atoms with Crippen molar-refractivity contribution in [3.8, 4) is 34.8 Å². The number of nitriles is 1. The van der Waals surface area contributed by atoms with Crippen LogP contribution in [0.1, 0.15) is 78.4 Å². The number of piperazine rings is 1. The number of hydrogen-bond acceptors (Lipinski definition) is 16. The number of aryl methyl sites for hydroxylation is 1. The maximum atomic E-state index is 14.0. The summed E-state index contributed by atoms with van der Waals surface area (Å²) in [5.74, 6) is 1.01. The van der Waals surface area contributed by atoms with E-state index in [9.17, 15) is 19.6 Å². The van der Waals surface area contributed by atoms with Crippen molar-refractivity contribution in [2.75, 3.05) is 59.9 Å². The van der Waals surface area contributed by atoms with Gasteiger partial charge in [0.05, 0.1) is 43.7 Å². The molecule has 5 heterocycles. The first-order valence-electron chi connectivity index (χ1n) is 19.6. The summed E-state index contributed by atoms with van der Waals surface area (Å²) in [6.45, 7) is 15.2. The van der Waals surface area contributed by atoms with Crippen molar-refractivity contribution in [2.24, 2.45) is 0 Å². The minimum absolute atomic E-state index is 0.0276. The number of ether oxygens (including phenoxy) is 9. The minimum atomic E-state index is -1.12. The first kappa shape index (κ1) is 42.4. The smallest absolute Gasteiger partial charge is 0.408 e. The van der Waals surface area contributed by atoms with Crippen LogP contribution in [0.4, 0.5) is 4.79 Å². The van der Waals surface area contributed by atoms with Crippen LogP contribution >= 0.6 is 11.8 Å². The van der Waals surface area contributed by atoms with E-state index >= 15 is 0 Å². The predicted molar refractivity (Wildman–Crippen MR) is 214 cm³/mol. The number of cyclic esters (lactones) is 1. The average Bonchev–Trinajstić information content (AvgIpc) is 3.67. The van der Waals surface area contributed by atoms with Crippen LogP contribution in [-0.4, -0.2) is 118 Å². The zero-order valence-electron chi connectivity index (χ0n) is 34.7. The van der Waals surface area contributed by atoms with Crippen molar-refractivity contribution in [1.29, 1.82) is 5.26 Å². The molecule has 1 amide bonds. The topological polar surface area (TPSA) is 177 Å². The number of alkyl carbamates (subject to hydrolysis) is 1. The number of fused-ring (bicyclic) bond motifs is 9. The summed E-state index contributed by atoms with van der Waals surface area (Å²) < 4.78 is 53.7. The Morgan fingerprint density at radius 1 is 1.08 bits per heavy atom. The Morgan fingerprint density at radius 3 is 2.53 bits per heavy atom. The summed E-state index contributed by atoms with van der Waals surface area (Å²) in [6, 6.07) is 0.695. The monoisotopic (exact) mass is 836 g/mol. The van der Waals surface area contributed by atoms with Crippen LogP contribution < -0.4 is 29.0 Å². The average molecular weight is 837 g/mol. The highest BCUT2D eigenvalue weighted by Crippen LogP contribution is 2.64. The van der Waals surface area contributed by atoms with Crippen LogP contribution in [0.5, 0.6) is 28.7 Å². The number of nitrogens with zero attached hydrogens (tertiary/aromatic N) is 3. The highest BCUT2D eigenvalue weighted by Gasteiger charge is 2.61. The minimum Gasteiger partial charge on any atom is -0.493 e. The Hall–Kier alpha value is -4.73. The van der Waals surface area contributed by atoms with Crippen LogP contribution in [0.2, 0.25) is 0 Å². The number of methoxy groups -OCH3 is 2. The largest absolute Gasteiger partial charge is 0.493 e. The maximum Gasteiger partial charge on any atom is 0.408 e. The van der Waals surface area contributed by atoms with Gasteiger partial charge < -0.3 is 47.9 Å². The normalized spacial score (nSPS) is 25.7. The van der Waals surface area contributed by atoms with E-state index in [1.54, 1.807) is 35.0 Å². The Bertz CT molecular complexity index is 2050. The molecule has 5 aliphatic rings. The zero-order chi connectivity index (χ0) is 42.3. The molecule has 4 bridgehead atoms. The number of hydrogen-bond donors (Lipinski definition) is 1. The van der Waals surface area contributed by atoms with E-state index in [0.29, 0.717) is 71.6 Å². The molecule has 0 aromatic heterocycles. The third kappa shape index (κ3) is 7.77. The Kier molecular flexibility index (Phi) is 12.3. The molecule has 0 spiro atoms. The van der Waals surface area contributed by atoms with Crippen molar-refractivity contribution in [3.63, 3.8) is 0 Å². The number of carbonyl (C=O) groups excluding carboxylic acids is 3. The Balaban J connectivity index is 1.49. The highest BCUT2D eigenvalue weighted by atomic mass is 32.2. The second kappa shape index (κ2) is 17.1. The van der Waals surface area contributed by atoms with Crippen molar-refractivity contribution in [3.05, 3.63) is 52.1 Å². The molecule has 16 nitrogen and oxygen atoms in total. The zero-order valence-corrected chi connectivity index (χ0v) is 35.5. The summed E-state index contributed by atoms with van der Waals surface area (Å²) >= 11 is 1.38. The summed E-state index contributed by atoms with van der Waals surface area (Å²) in [6.07, 6.45) is 1.53. The Labute approximate surface area is 348 Å². The third-order valence-electron chi connectivity index (χ3n) is 11.2. The lowest BCUT2D eigenvalue weighted by molar-refractivity contribution is -0.151. The van der Waals surface area contributed by atoms with Gasteiger partial charge in [0.15, 0.2) is 29.8 Å². The lowest BCUT2D eigenvalue weighted by atomic mass is 9.71. The van der Waals surface area contributed by atoms with Crippen molar-refractivity contribution < 1.29 is 57.0 Å². The number of amides is 1. The molecule has 0 aliphatic carbocycles. The summed E-state index contributed by atoms with van der Waals surface area (Å²) in [7, 11) is 3.19. The van der Waals surface area contributed by atoms with Gasteiger partial charge >= 0.3 is 18.0 Å². The molecular formula is C42H52N4O12S. The molecule has 1 unspecified atom stereocenters. The van der Waals surface area contributed by atoms with E-state index in [1.807, 2.05) is 19.9 Å². The number of carbonyl (C=O) groups is 3. The fourth-order valence-electron chi connectivity index (χ4n) is 9.19. The molecule has 17 heteroatoms. The molecule has 5 aliphatic heterocycles. The van der Waals surface area contributed by atoms with Gasteiger partial charge in [-0.3, -0.25) is 14.6 Å². The fourth-order valence-corrected chi connectivity index (χ4v) is 10.7. The van der Waals surface area contributed by atoms with Gasteiger partial charge in [0.25, 0.3) is 0 Å². The van der Waals surface area contributed by atoms with Crippen LogP contribution in [0.15, 0.2) is 18.7 Å². The van der Waals surface area contributed by atoms with Gasteiger partial charge in [0, 0.05) is 60.7 Å². The number of benzene rings is 2. The lowest BCUT2D eigenvalue weighted by Gasteiger charge is -2.62. The molecule has 2 aromatic carbocycles. The SMILES string of the molecule is C=CCN1[C@@H]2c3c(cc(C)c(OC)c3OCOCCOC)C[C@H]1[C@H](C#N)N1C2[C@@H]2SC[C@@H](NC(=O)OC(C)(C)C)C(=O)OC[C@H]1c1c3c(c(C)c(OC(C)=O)c12)OCO3. The quantitative estimate of drug-likeness (QED) is 0.105. The van der Waals surface area contributed by atoms with Crippen molar-refractivity contribution in [1.82, 2.24) is 15.1 Å². The third-order valence-corrected chi connectivity index (χ3v) is 12.6. The van der Waals surface area contributed by atoms with Crippen LogP contribution in [0.25, 0.3) is 0 Å². The molecule has 7 atom stereocenters. The van der Waals surface area contributed by atoms with Gasteiger partial charge in [-0.15, -0.1) is 18.3 Å². The molecule has 0 radical (unpaired) electrons. The summed E-state index contributed by atoms with van der Waals surface area (Å²) in [5, 5.41) is 13.4. The van der Waals surface area contributed by atoms with Gasteiger partial charge in [-0.05, 0) is 52.2 Å². The predicted octanol–water partition coefficient (Wildman–Crippen LogP) is 4.97. The highest BCUT2D eigenvalue weighted by molar-refractivity contribution is 7.99. The lowest BCUT2D eigenvalue weighted by Crippen LogP contribution is -2.70. The molecule has 1 N–H and O–H groups in total. The van der Waals surface area contributed by atoms with Crippen molar-refractivity contribution in [2.45, 2.75) is 95.1 Å². The van der Waals surface area contributed by atoms with E-state index in [0.717, 1.165) is 16.7 Å². The molecular weight excluding hydrogens is 785 g/mol. The van der Waals surface area contributed by atoms with E-state index in [4.69, 9.17) is 42.6 Å². The van der Waals surface area contributed by atoms with Gasteiger partial charge in [-0.25, -0.2) is 9.59 Å². The molecule has 0 saturated carbocycles. The first-order chi connectivity index (χ1) is 28.2. The molecule has 2 saturated heterocycles. The molecule has 7 rings (SSSR count).